The van der Waals surface area contributed by atoms with Gasteiger partial charge in [-0.15, -0.1) is 10.2 Å². The number of aryl methyl sites for hydroxylation is 1. The molecule has 33 heavy (non-hydrogen) atoms. The topological polar surface area (TPSA) is 119 Å². The molecule has 1 aliphatic rings. The first kappa shape index (κ1) is 22.5. The Morgan fingerprint density at radius 2 is 1.94 bits per heavy atom. The molecule has 2 aromatic carbocycles. The number of benzene rings is 2. The molecule has 9 nitrogen and oxygen atoms in total. The minimum atomic E-state index is -1.07. The number of carboxylic acids is 1. The van der Waals surface area contributed by atoms with E-state index in [1.807, 2.05) is 36.6 Å². The summed E-state index contributed by atoms with van der Waals surface area (Å²) >= 11 is 6.10. The highest BCUT2D eigenvalue weighted by Crippen LogP contribution is 2.34. The zero-order chi connectivity index (χ0) is 23.5. The smallest absolute Gasteiger partial charge is 0.341 e. The second kappa shape index (κ2) is 9.41. The van der Waals surface area contributed by atoms with Crippen molar-refractivity contribution in [3.8, 4) is 11.4 Å². The first-order valence-corrected chi connectivity index (χ1v) is 10.8. The number of aliphatic carboxylic acids is 1. The molecule has 0 saturated carbocycles. The highest BCUT2D eigenvalue weighted by atomic mass is 35.5. The molecule has 0 spiro atoms. The van der Waals surface area contributed by atoms with Crippen LogP contribution in [0.3, 0.4) is 0 Å². The van der Waals surface area contributed by atoms with Crippen molar-refractivity contribution in [2.75, 3.05) is 13.2 Å². The number of hydrogen-bond donors (Lipinski definition) is 2. The number of halogens is 1. The zero-order valence-corrected chi connectivity index (χ0v) is 18.8. The van der Waals surface area contributed by atoms with Gasteiger partial charge in [-0.3, -0.25) is 14.4 Å². The van der Waals surface area contributed by atoms with E-state index in [2.05, 4.69) is 15.5 Å². The third-order valence-corrected chi connectivity index (χ3v) is 5.38. The summed E-state index contributed by atoms with van der Waals surface area (Å²) in [7, 11) is 0. The second-order valence-electron chi connectivity index (χ2n) is 7.46. The molecule has 1 aromatic heterocycles. The molecular weight excluding hydrogens is 446 g/mol. The molecule has 1 amide bonds. The number of rotatable bonds is 7. The van der Waals surface area contributed by atoms with Crippen LogP contribution in [0.5, 0.6) is 5.75 Å². The molecule has 2 N–H and O–H groups in total. The molecule has 1 atom stereocenters. The number of aromatic nitrogens is 3. The molecule has 3 aromatic rings. The van der Waals surface area contributed by atoms with Gasteiger partial charge in [0, 0.05) is 22.7 Å². The Hall–Kier alpha value is -3.72. The maximum absolute atomic E-state index is 12.5. The van der Waals surface area contributed by atoms with Gasteiger partial charge in [-0.1, -0.05) is 23.7 Å². The van der Waals surface area contributed by atoms with E-state index in [9.17, 15) is 9.59 Å². The van der Waals surface area contributed by atoms with Crippen molar-refractivity contribution >= 4 is 29.2 Å². The lowest BCUT2D eigenvalue weighted by Crippen LogP contribution is -2.25. The summed E-state index contributed by atoms with van der Waals surface area (Å²) in [6.45, 7) is 3.72. The Bertz CT molecular complexity index is 1240. The van der Waals surface area contributed by atoms with E-state index in [1.54, 1.807) is 24.3 Å². The molecule has 0 fully saturated rings. The normalized spacial score (nSPS) is 14.5. The lowest BCUT2D eigenvalue weighted by atomic mass is 10.00. The van der Waals surface area contributed by atoms with E-state index in [0.29, 0.717) is 40.2 Å². The predicted octanol–water partition coefficient (Wildman–Crippen LogP) is 3.11. The van der Waals surface area contributed by atoms with Crippen LogP contribution in [-0.2, 0) is 9.59 Å². The lowest BCUT2D eigenvalue weighted by molar-refractivity contribution is -0.139. The van der Waals surface area contributed by atoms with E-state index in [-0.39, 0.29) is 12.3 Å². The molecule has 2 heterocycles. The highest BCUT2D eigenvalue weighted by Gasteiger charge is 2.30. The standard InChI is InChI=1S/C23H22ClN5O4/c1-3-25-20(30)11-18-23-28-27-13(2)29(23)19-9-8-16(33-12-21(31)32)10-17(19)22(26-18)14-4-6-15(24)7-5-14/h4-10,18H,3,11-12H2,1-2H3,(H,25,30)(H,31,32). The molecule has 4 rings (SSSR count). The van der Waals surface area contributed by atoms with Crippen LogP contribution in [0.2, 0.25) is 5.02 Å². The Labute approximate surface area is 195 Å². The molecule has 1 aliphatic heterocycles. The van der Waals surface area contributed by atoms with E-state index in [4.69, 9.17) is 26.4 Å². The third-order valence-electron chi connectivity index (χ3n) is 5.13. The van der Waals surface area contributed by atoms with Crippen molar-refractivity contribution in [2.24, 2.45) is 4.99 Å². The summed E-state index contributed by atoms with van der Waals surface area (Å²) in [5.41, 5.74) is 2.85. The van der Waals surface area contributed by atoms with Gasteiger partial charge in [-0.2, -0.15) is 0 Å². The van der Waals surface area contributed by atoms with Crippen LogP contribution in [0.15, 0.2) is 47.5 Å². The van der Waals surface area contributed by atoms with Gasteiger partial charge < -0.3 is 15.2 Å². The van der Waals surface area contributed by atoms with Crippen molar-refractivity contribution in [3.63, 3.8) is 0 Å². The fourth-order valence-electron chi connectivity index (χ4n) is 3.73. The van der Waals surface area contributed by atoms with Gasteiger partial charge in [0.15, 0.2) is 12.4 Å². The average Bonchev–Trinajstić information content (AvgIpc) is 3.11. The van der Waals surface area contributed by atoms with E-state index >= 15 is 0 Å². The Balaban J connectivity index is 1.91. The summed E-state index contributed by atoms with van der Waals surface area (Å²) in [4.78, 5) is 28.4. The van der Waals surface area contributed by atoms with Gasteiger partial charge in [-0.05, 0) is 44.2 Å². The zero-order valence-electron chi connectivity index (χ0n) is 18.1. The summed E-state index contributed by atoms with van der Waals surface area (Å²) in [5.74, 6) is 0.343. The Morgan fingerprint density at radius 1 is 1.18 bits per heavy atom. The third kappa shape index (κ3) is 4.73. The number of aliphatic imine (C=N–C) groups is 1. The number of carbonyl (C=O) groups excluding carboxylic acids is 1. The number of fused-ring (bicyclic) bond motifs is 3. The molecule has 0 saturated heterocycles. The average molecular weight is 468 g/mol. The second-order valence-corrected chi connectivity index (χ2v) is 7.90. The molecule has 0 aliphatic carbocycles. The van der Waals surface area contributed by atoms with Crippen molar-refractivity contribution < 1.29 is 19.4 Å². The van der Waals surface area contributed by atoms with Gasteiger partial charge in [0.1, 0.15) is 17.6 Å². The van der Waals surface area contributed by atoms with E-state index in [0.717, 1.165) is 11.3 Å². The maximum atomic E-state index is 12.5. The number of nitrogens with zero attached hydrogens (tertiary/aromatic N) is 4. The van der Waals surface area contributed by atoms with Gasteiger partial charge in [0.05, 0.1) is 17.8 Å². The highest BCUT2D eigenvalue weighted by molar-refractivity contribution is 6.30. The van der Waals surface area contributed by atoms with Crippen LogP contribution in [0, 0.1) is 6.92 Å². The van der Waals surface area contributed by atoms with Crippen LogP contribution in [0.1, 0.15) is 42.2 Å². The van der Waals surface area contributed by atoms with Gasteiger partial charge in [-0.25, -0.2) is 4.79 Å². The Kier molecular flexibility index (Phi) is 6.41. The van der Waals surface area contributed by atoms with Crippen molar-refractivity contribution in [3.05, 3.63) is 70.3 Å². The minimum Gasteiger partial charge on any atom is -0.482 e. The minimum absolute atomic E-state index is 0.0966. The molecule has 10 heteroatoms. The van der Waals surface area contributed by atoms with Crippen LogP contribution in [0.25, 0.3) is 5.69 Å². The van der Waals surface area contributed by atoms with Crippen LogP contribution < -0.4 is 10.1 Å². The van der Waals surface area contributed by atoms with Gasteiger partial charge in [0.25, 0.3) is 0 Å². The van der Waals surface area contributed by atoms with Crippen LogP contribution in [-0.4, -0.2) is 50.6 Å². The molecule has 1 unspecified atom stereocenters. The molecule has 0 bridgehead atoms. The summed E-state index contributed by atoms with van der Waals surface area (Å²) in [5, 5.41) is 20.9. The summed E-state index contributed by atoms with van der Waals surface area (Å²) in [6, 6.07) is 11.9. The number of nitrogens with one attached hydrogen (secondary N) is 1. The SMILES string of the molecule is CCNC(=O)CC1N=C(c2ccc(Cl)cc2)c2cc(OCC(=O)O)ccc2-n2c(C)nnc21. The fourth-order valence-corrected chi connectivity index (χ4v) is 3.86. The number of hydrogen-bond acceptors (Lipinski definition) is 6. The van der Waals surface area contributed by atoms with E-state index in [1.165, 1.54) is 0 Å². The van der Waals surface area contributed by atoms with E-state index < -0.39 is 18.6 Å². The monoisotopic (exact) mass is 467 g/mol. The lowest BCUT2D eigenvalue weighted by Gasteiger charge is -2.14. The molecule has 170 valence electrons. The Morgan fingerprint density at radius 3 is 2.64 bits per heavy atom. The van der Waals surface area contributed by atoms with Crippen LogP contribution >= 0.6 is 11.6 Å². The van der Waals surface area contributed by atoms with Gasteiger partial charge in [0.2, 0.25) is 5.91 Å². The number of ether oxygens (including phenoxy) is 1. The van der Waals surface area contributed by atoms with Gasteiger partial charge >= 0.3 is 5.97 Å². The van der Waals surface area contributed by atoms with Crippen molar-refractivity contribution in [1.29, 1.82) is 0 Å². The quantitative estimate of drug-likeness (QED) is 0.551. The number of carboxylic acid groups (broad SMARTS) is 1. The maximum Gasteiger partial charge on any atom is 0.341 e. The number of amides is 1. The summed E-state index contributed by atoms with van der Waals surface area (Å²) in [6.07, 6.45) is 0.0966. The summed E-state index contributed by atoms with van der Waals surface area (Å²) < 4.78 is 7.29. The molecule has 0 radical (unpaired) electrons. The van der Waals surface area contributed by atoms with Crippen molar-refractivity contribution in [2.45, 2.75) is 26.3 Å². The first-order valence-electron chi connectivity index (χ1n) is 10.4. The first-order chi connectivity index (χ1) is 15.9. The fraction of sp³-hybridized carbons (Fsp3) is 0.261. The van der Waals surface area contributed by atoms with Crippen LogP contribution in [0.4, 0.5) is 0 Å². The molecular formula is C23H22ClN5O4. The largest absolute Gasteiger partial charge is 0.482 e. The predicted molar refractivity (Wildman–Crippen MR) is 122 cm³/mol. The van der Waals surface area contributed by atoms with Crippen molar-refractivity contribution in [1.82, 2.24) is 20.1 Å². The number of carbonyl (C=O) groups is 2.